The van der Waals surface area contributed by atoms with Gasteiger partial charge in [-0.1, -0.05) is 30.8 Å². The normalized spacial score (nSPS) is 10.4. The van der Waals surface area contributed by atoms with Crippen LogP contribution >= 0.6 is 0 Å². The quantitative estimate of drug-likeness (QED) is 0.442. The van der Waals surface area contributed by atoms with Crippen LogP contribution in [0.3, 0.4) is 0 Å². The van der Waals surface area contributed by atoms with E-state index in [0.717, 1.165) is 10.8 Å². The fraction of sp³-hybridized carbons (Fsp3) is 0.308. The number of hydrogen-bond acceptors (Lipinski definition) is 4. The Morgan fingerprint density at radius 1 is 1.28 bits per heavy atom. The Morgan fingerprint density at radius 3 is 2.44 bits per heavy atom. The Balaban J connectivity index is 2.82. The van der Waals surface area contributed by atoms with Gasteiger partial charge in [-0.3, -0.25) is 0 Å². The predicted octanol–water partition coefficient (Wildman–Crippen LogP) is 1.29. The molecule has 1 aromatic carbocycles. The highest BCUT2D eigenvalue weighted by molar-refractivity contribution is 6.61. The molecule has 0 aromatic heterocycles. The van der Waals surface area contributed by atoms with Gasteiger partial charge in [0, 0.05) is 25.0 Å². The summed E-state index contributed by atoms with van der Waals surface area (Å²) >= 11 is 0. The molecule has 0 aliphatic heterocycles. The number of carbonyl (C=O) groups excluding carboxylic acids is 1. The van der Waals surface area contributed by atoms with Crippen molar-refractivity contribution >= 4 is 20.4 Å². The first-order valence-corrected chi connectivity index (χ1v) is 6.77. The van der Waals surface area contributed by atoms with E-state index in [2.05, 4.69) is 6.58 Å². The summed E-state index contributed by atoms with van der Waals surface area (Å²) in [6.07, 6.45) is 0. The van der Waals surface area contributed by atoms with Crippen LogP contribution in [0, 0.1) is 0 Å². The molecule has 0 bridgehead atoms. The third kappa shape index (κ3) is 3.80. The highest BCUT2D eigenvalue weighted by Gasteiger charge is 2.20. The van der Waals surface area contributed by atoms with E-state index in [1.165, 1.54) is 0 Å². The average Bonchev–Trinajstić information content (AvgIpc) is 2.38. The third-order valence-corrected chi connectivity index (χ3v) is 3.98. The number of carbonyl (C=O) groups is 1. The summed E-state index contributed by atoms with van der Waals surface area (Å²) in [5.74, 6) is -0.395. The van der Waals surface area contributed by atoms with E-state index in [-0.39, 0.29) is 6.61 Å². The van der Waals surface area contributed by atoms with Crippen molar-refractivity contribution in [3.05, 3.63) is 42.0 Å². The number of benzene rings is 1. The van der Waals surface area contributed by atoms with Crippen molar-refractivity contribution in [3.8, 4) is 0 Å². The van der Waals surface area contributed by atoms with Gasteiger partial charge < -0.3 is 13.6 Å². The van der Waals surface area contributed by atoms with Crippen LogP contribution in [0.15, 0.2) is 36.4 Å². The summed E-state index contributed by atoms with van der Waals surface area (Å²) in [4.78, 5) is 11.4. The molecule has 0 heterocycles. The van der Waals surface area contributed by atoms with Crippen LogP contribution in [0.2, 0.25) is 0 Å². The predicted molar refractivity (Wildman–Crippen MR) is 70.5 cm³/mol. The molecule has 0 aliphatic carbocycles. The van der Waals surface area contributed by atoms with Crippen LogP contribution in [0.5, 0.6) is 0 Å². The number of rotatable bonds is 6. The van der Waals surface area contributed by atoms with Crippen molar-refractivity contribution in [2.24, 2.45) is 0 Å². The summed E-state index contributed by atoms with van der Waals surface area (Å²) < 4.78 is 15.7. The molecule has 1 rings (SSSR count). The summed E-state index contributed by atoms with van der Waals surface area (Å²) in [5, 5.41) is 0.946. The Hall–Kier alpha value is -1.43. The molecule has 4 nitrogen and oxygen atoms in total. The highest BCUT2D eigenvalue weighted by atomic mass is 28.3. The van der Waals surface area contributed by atoms with Crippen molar-refractivity contribution in [2.45, 2.75) is 13.5 Å². The van der Waals surface area contributed by atoms with Crippen LogP contribution in [0.1, 0.15) is 12.5 Å². The second-order valence-electron chi connectivity index (χ2n) is 3.71. The summed E-state index contributed by atoms with van der Waals surface area (Å²) in [7, 11) is 1.70. The van der Waals surface area contributed by atoms with Crippen molar-refractivity contribution in [3.63, 3.8) is 0 Å². The maximum absolute atomic E-state index is 11.4. The van der Waals surface area contributed by atoms with Crippen LogP contribution in [0.4, 0.5) is 0 Å². The first-order valence-electron chi connectivity index (χ1n) is 5.46. The minimum absolute atomic E-state index is 0.197. The van der Waals surface area contributed by atoms with Gasteiger partial charge >= 0.3 is 15.3 Å². The molecule has 0 amide bonds. The van der Waals surface area contributed by atoms with E-state index < -0.39 is 15.3 Å². The lowest BCUT2D eigenvalue weighted by atomic mass is 10.2. The van der Waals surface area contributed by atoms with Crippen molar-refractivity contribution < 1.29 is 18.4 Å². The lowest BCUT2D eigenvalue weighted by molar-refractivity contribution is -0.140. The largest absolute Gasteiger partial charge is 0.457 e. The minimum atomic E-state index is -1.51. The second kappa shape index (κ2) is 7.10. The molecule has 0 atom stereocenters. The molecule has 18 heavy (non-hydrogen) atoms. The maximum atomic E-state index is 11.4. The smallest absolute Gasteiger partial charge is 0.423 e. The highest BCUT2D eigenvalue weighted by Crippen LogP contribution is 2.04. The van der Waals surface area contributed by atoms with Gasteiger partial charge in [0.15, 0.2) is 0 Å². The van der Waals surface area contributed by atoms with Crippen LogP contribution in [-0.2, 0) is 25.0 Å². The summed E-state index contributed by atoms with van der Waals surface area (Å²) in [6.45, 7) is 5.36. The third-order valence-electron chi connectivity index (χ3n) is 2.32. The Bertz CT molecular complexity index is 427. The Labute approximate surface area is 109 Å². The fourth-order valence-corrected chi connectivity index (χ4v) is 2.67. The lowest BCUT2D eigenvalue weighted by Gasteiger charge is -2.14. The van der Waals surface area contributed by atoms with Crippen molar-refractivity contribution in [1.82, 2.24) is 0 Å². The van der Waals surface area contributed by atoms with Crippen LogP contribution < -0.4 is 5.19 Å². The van der Waals surface area contributed by atoms with Crippen molar-refractivity contribution in [1.29, 1.82) is 0 Å². The van der Waals surface area contributed by atoms with Crippen LogP contribution in [0.25, 0.3) is 0 Å². The molecule has 5 heteroatoms. The molecule has 0 spiro atoms. The first-order chi connectivity index (χ1) is 8.60. The van der Waals surface area contributed by atoms with E-state index in [4.69, 9.17) is 13.6 Å². The first kappa shape index (κ1) is 14.6. The zero-order chi connectivity index (χ0) is 13.5. The van der Waals surface area contributed by atoms with E-state index >= 15 is 0 Å². The molecule has 0 saturated carbocycles. The van der Waals surface area contributed by atoms with Gasteiger partial charge in [-0.25, -0.2) is 4.79 Å². The average molecular weight is 265 g/mol. The molecule has 0 aliphatic rings. The van der Waals surface area contributed by atoms with E-state index in [0.29, 0.717) is 5.57 Å². The van der Waals surface area contributed by atoms with Gasteiger partial charge in [0.2, 0.25) is 0 Å². The fourth-order valence-electron chi connectivity index (χ4n) is 1.42. The molecule has 1 radical (unpaired) electrons. The summed E-state index contributed by atoms with van der Waals surface area (Å²) in [6, 6.07) is 7.61. The summed E-state index contributed by atoms with van der Waals surface area (Å²) in [5.41, 5.74) is 1.28. The van der Waals surface area contributed by atoms with Gasteiger partial charge in [-0.15, -0.1) is 0 Å². The Morgan fingerprint density at radius 2 is 1.89 bits per heavy atom. The van der Waals surface area contributed by atoms with Gasteiger partial charge in [0.05, 0.1) is 0 Å². The molecule has 0 saturated heterocycles. The van der Waals surface area contributed by atoms with E-state index in [9.17, 15) is 4.79 Å². The minimum Gasteiger partial charge on any atom is -0.457 e. The van der Waals surface area contributed by atoms with E-state index in [1.54, 1.807) is 21.1 Å². The number of ether oxygens (including phenoxy) is 1. The number of esters is 1. The van der Waals surface area contributed by atoms with Gasteiger partial charge in [0.1, 0.15) is 6.61 Å². The van der Waals surface area contributed by atoms with Gasteiger partial charge in [-0.2, -0.15) is 0 Å². The monoisotopic (exact) mass is 265 g/mol. The molecular weight excluding hydrogens is 248 g/mol. The Kier molecular flexibility index (Phi) is 5.77. The zero-order valence-electron chi connectivity index (χ0n) is 10.9. The maximum Gasteiger partial charge on any atom is 0.423 e. The van der Waals surface area contributed by atoms with E-state index in [1.807, 2.05) is 24.3 Å². The zero-order valence-corrected chi connectivity index (χ0v) is 11.9. The molecular formula is C13H17O4Si. The molecule has 97 valence electrons. The number of hydrogen-bond donors (Lipinski definition) is 0. The SMILES string of the molecule is C=C(C)C(=O)OCc1ccccc1[Si](OC)OC. The van der Waals surface area contributed by atoms with Gasteiger partial charge in [0.25, 0.3) is 0 Å². The second-order valence-corrected chi connectivity index (χ2v) is 5.64. The molecule has 1 aromatic rings. The standard InChI is InChI=1S/C13H17O4Si/c1-10(2)13(14)17-9-11-7-5-6-8-12(11)18(15-3)16-4/h5-8H,1,9H2,2-4H3. The topological polar surface area (TPSA) is 44.8 Å². The molecule has 0 unspecified atom stereocenters. The molecule has 0 N–H and O–H groups in total. The van der Waals surface area contributed by atoms with Gasteiger partial charge in [-0.05, 0) is 12.5 Å². The molecule has 0 fully saturated rings. The van der Waals surface area contributed by atoms with Crippen LogP contribution in [-0.4, -0.2) is 29.5 Å². The lowest BCUT2D eigenvalue weighted by Crippen LogP contribution is -2.37. The van der Waals surface area contributed by atoms with Crippen molar-refractivity contribution in [2.75, 3.05) is 14.2 Å².